The highest BCUT2D eigenvalue weighted by molar-refractivity contribution is 6.30. The number of rotatable bonds is 15. The molecular weight excluding hydrogens is 520 g/mol. The predicted octanol–water partition coefficient (Wildman–Crippen LogP) is 4.30. The lowest BCUT2D eigenvalue weighted by atomic mass is 9.70. The zero-order valence-corrected chi connectivity index (χ0v) is 23.2. The van der Waals surface area contributed by atoms with Gasteiger partial charge in [0.2, 0.25) is 5.91 Å². The minimum absolute atomic E-state index is 0.0675. The van der Waals surface area contributed by atoms with Crippen LogP contribution in [0, 0.1) is 11.8 Å². The molecule has 5 atom stereocenters. The summed E-state index contributed by atoms with van der Waals surface area (Å²) in [6.45, 7) is 8.47. The van der Waals surface area contributed by atoms with Gasteiger partial charge >= 0.3 is 5.97 Å². The minimum atomic E-state index is -1.09. The van der Waals surface area contributed by atoms with Gasteiger partial charge in [-0.15, -0.1) is 13.2 Å². The second kappa shape index (κ2) is 13.1. The van der Waals surface area contributed by atoms with Crippen molar-refractivity contribution in [1.82, 2.24) is 4.90 Å². The van der Waals surface area contributed by atoms with Gasteiger partial charge in [-0.2, -0.15) is 0 Å². The summed E-state index contributed by atoms with van der Waals surface area (Å²) in [5, 5.41) is 9.77. The Morgan fingerprint density at radius 3 is 2.62 bits per heavy atom. The highest BCUT2D eigenvalue weighted by Crippen LogP contribution is 2.59. The number of aliphatic hydroxyl groups excluding tert-OH is 1. The van der Waals surface area contributed by atoms with E-state index in [0.717, 1.165) is 19.3 Å². The van der Waals surface area contributed by atoms with Gasteiger partial charge in [-0.1, -0.05) is 23.8 Å². The SMILES string of the molecule is C=CCCCCOC(=O)[C@@H]1[C@@H]2CCC3(O2)C(C(=O)N(CC=C)c2ccc(Cl)cc2)N(CCCCCO)C(=O)[C@H]13. The molecule has 3 fully saturated rings. The fourth-order valence-electron chi connectivity index (χ4n) is 6.39. The maximum Gasteiger partial charge on any atom is 0.312 e. The molecule has 1 spiro atoms. The molecule has 0 radical (unpaired) electrons. The van der Waals surface area contributed by atoms with Gasteiger partial charge in [0.15, 0.2) is 0 Å². The summed E-state index contributed by atoms with van der Waals surface area (Å²) in [7, 11) is 0. The second-order valence-corrected chi connectivity index (χ2v) is 11.0. The number of carbonyl (C=O) groups is 3. The summed E-state index contributed by atoms with van der Waals surface area (Å²) >= 11 is 6.09. The number of amides is 2. The van der Waals surface area contributed by atoms with Crippen LogP contribution in [0.5, 0.6) is 0 Å². The Balaban J connectivity index is 1.63. The zero-order valence-electron chi connectivity index (χ0n) is 22.4. The van der Waals surface area contributed by atoms with Crippen LogP contribution in [0.3, 0.4) is 0 Å². The third kappa shape index (κ3) is 5.79. The number of allylic oxidation sites excluding steroid dienone is 1. The monoisotopic (exact) mass is 558 g/mol. The van der Waals surface area contributed by atoms with Crippen LogP contribution in [0.1, 0.15) is 51.4 Å². The molecule has 0 aromatic heterocycles. The summed E-state index contributed by atoms with van der Waals surface area (Å²) < 4.78 is 12.1. The average molecular weight is 559 g/mol. The van der Waals surface area contributed by atoms with E-state index >= 15 is 0 Å². The Bertz CT molecular complexity index is 1060. The Labute approximate surface area is 235 Å². The van der Waals surface area contributed by atoms with Crippen molar-refractivity contribution in [1.29, 1.82) is 0 Å². The van der Waals surface area contributed by atoms with E-state index in [1.54, 1.807) is 40.1 Å². The predicted molar refractivity (Wildman–Crippen MR) is 149 cm³/mol. The molecule has 8 nitrogen and oxygen atoms in total. The number of fused-ring (bicyclic) bond motifs is 1. The van der Waals surface area contributed by atoms with E-state index < -0.39 is 35.6 Å². The van der Waals surface area contributed by atoms with Crippen molar-refractivity contribution in [3.8, 4) is 0 Å². The number of carbonyl (C=O) groups excluding carboxylic acids is 3. The van der Waals surface area contributed by atoms with Crippen LogP contribution >= 0.6 is 11.6 Å². The first-order chi connectivity index (χ1) is 18.9. The van der Waals surface area contributed by atoms with Gasteiger partial charge in [0.25, 0.3) is 5.91 Å². The highest BCUT2D eigenvalue weighted by Gasteiger charge is 2.75. The molecule has 0 saturated carbocycles. The third-order valence-corrected chi connectivity index (χ3v) is 8.38. The van der Waals surface area contributed by atoms with Gasteiger partial charge in [-0.25, -0.2) is 0 Å². The van der Waals surface area contributed by atoms with Crippen molar-refractivity contribution >= 4 is 35.1 Å². The molecule has 212 valence electrons. The maximum absolute atomic E-state index is 14.3. The Hall–Kier alpha value is -2.68. The topological polar surface area (TPSA) is 96.4 Å². The fraction of sp³-hybridized carbons (Fsp3) is 0.567. The number of anilines is 1. The van der Waals surface area contributed by atoms with Gasteiger partial charge < -0.3 is 24.4 Å². The normalized spacial score (nSPS) is 26.9. The number of nitrogens with zero attached hydrogens (tertiary/aromatic N) is 2. The lowest BCUT2D eigenvalue weighted by Gasteiger charge is -2.36. The molecule has 2 unspecified atom stereocenters. The van der Waals surface area contributed by atoms with Crippen molar-refractivity contribution in [3.63, 3.8) is 0 Å². The number of ether oxygens (including phenoxy) is 2. The van der Waals surface area contributed by atoms with Gasteiger partial charge in [0, 0.05) is 30.4 Å². The number of hydrogen-bond acceptors (Lipinski definition) is 6. The highest BCUT2D eigenvalue weighted by atomic mass is 35.5. The molecular formula is C30H39ClN2O6. The first-order valence-electron chi connectivity index (χ1n) is 13.9. The van der Waals surface area contributed by atoms with Crippen LogP contribution in [0.4, 0.5) is 5.69 Å². The molecule has 3 heterocycles. The van der Waals surface area contributed by atoms with Crippen molar-refractivity contribution in [2.24, 2.45) is 11.8 Å². The molecule has 3 aliphatic rings. The average Bonchev–Trinajstić information content (AvgIpc) is 3.57. The number of aliphatic hydroxyl groups is 1. The van der Waals surface area contributed by atoms with E-state index in [-0.39, 0.29) is 31.6 Å². The number of likely N-dealkylation sites (tertiary alicyclic amines) is 1. The van der Waals surface area contributed by atoms with Crippen molar-refractivity contribution < 1.29 is 29.0 Å². The van der Waals surface area contributed by atoms with Gasteiger partial charge in [0.1, 0.15) is 11.6 Å². The van der Waals surface area contributed by atoms with Crippen LogP contribution in [0.2, 0.25) is 5.02 Å². The van der Waals surface area contributed by atoms with Crippen LogP contribution in [0.25, 0.3) is 0 Å². The van der Waals surface area contributed by atoms with Gasteiger partial charge in [-0.3, -0.25) is 14.4 Å². The summed E-state index contributed by atoms with van der Waals surface area (Å²) in [5.74, 6) is -2.42. The van der Waals surface area contributed by atoms with Gasteiger partial charge in [0.05, 0.1) is 24.5 Å². The molecule has 0 aliphatic carbocycles. The second-order valence-electron chi connectivity index (χ2n) is 10.5. The lowest BCUT2D eigenvalue weighted by Crippen LogP contribution is -2.56. The Kier molecular flexibility index (Phi) is 9.86. The number of halogens is 1. The molecule has 9 heteroatoms. The summed E-state index contributed by atoms with van der Waals surface area (Å²) in [4.78, 5) is 44.9. The lowest BCUT2D eigenvalue weighted by molar-refractivity contribution is -0.155. The minimum Gasteiger partial charge on any atom is -0.465 e. The Morgan fingerprint density at radius 2 is 1.92 bits per heavy atom. The largest absolute Gasteiger partial charge is 0.465 e. The number of hydrogen-bond donors (Lipinski definition) is 1. The molecule has 4 rings (SSSR count). The van der Waals surface area contributed by atoms with E-state index in [1.807, 2.05) is 6.08 Å². The Morgan fingerprint density at radius 1 is 1.15 bits per heavy atom. The molecule has 1 aromatic rings. The van der Waals surface area contributed by atoms with Crippen LogP contribution in [-0.4, -0.2) is 71.8 Å². The molecule has 1 aromatic carbocycles. The maximum atomic E-state index is 14.3. The van der Waals surface area contributed by atoms with E-state index in [9.17, 15) is 19.5 Å². The summed E-state index contributed by atoms with van der Waals surface area (Å²) in [6, 6.07) is 6.08. The fourth-order valence-corrected chi connectivity index (χ4v) is 6.52. The molecule has 39 heavy (non-hydrogen) atoms. The van der Waals surface area contributed by atoms with E-state index in [1.165, 1.54) is 0 Å². The van der Waals surface area contributed by atoms with Crippen molar-refractivity contribution in [3.05, 3.63) is 54.6 Å². The number of benzene rings is 1. The third-order valence-electron chi connectivity index (χ3n) is 8.13. The molecule has 3 saturated heterocycles. The molecule has 1 N–H and O–H groups in total. The van der Waals surface area contributed by atoms with Crippen LogP contribution in [0.15, 0.2) is 49.6 Å². The number of unbranched alkanes of at least 4 members (excludes halogenated alkanes) is 4. The first kappa shape index (κ1) is 29.3. The van der Waals surface area contributed by atoms with Crippen molar-refractivity contribution in [2.45, 2.75) is 69.1 Å². The standard InChI is InChI=1S/C30H39ClN2O6/c1-3-5-6-10-20-38-29(37)24-23-15-16-30(39-23)25(24)27(35)33(18-8-7-9-19-34)26(30)28(36)32(17-4-2)22-13-11-21(31)12-14-22/h3-4,11-14,23-26,34H,1-2,5-10,15-20H2/t23-,24+,25-,26?,30?/m0/s1. The van der Waals surface area contributed by atoms with Crippen LogP contribution < -0.4 is 4.90 Å². The van der Waals surface area contributed by atoms with Gasteiger partial charge in [-0.05, 0) is 75.6 Å². The molecule has 2 amide bonds. The first-order valence-corrected chi connectivity index (χ1v) is 14.3. The summed E-state index contributed by atoms with van der Waals surface area (Å²) in [6.07, 6.45) is 8.52. The van der Waals surface area contributed by atoms with Crippen molar-refractivity contribution in [2.75, 3.05) is 31.2 Å². The zero-order chi connectivity index (χ0) is 28.0. The quantitative estimate of drug-likeness (QED) is 0.196. The summed E-state index contributed by atoms with van der Waals surface area (Å²) in [5.41, 5.74) is -0.450. The smallest absolute Gasteiger partial charge is 0.312 e. The molecule has 2 bridgehead atoms. The van der Waals surface area contributed by atoms with E-state index in [4.69, 9.17) is 21.1 Å². The van der Waals surface area contributed by atoms with E-state index in [0.29, 0.717) is 49.4 Å². The number of esters is 1. The van der Waals surface area contributed by atoms with E-state index in [2.05, 4.69) is 13.2 Å². The van der Waals surface area contributed by atoms with Crippen LogP contribution in [-0.2, 0) is 23.9 Å². The molecule has 3 aliphatic heterocycles.